The van der Waals surface area contributed by atoms with Crippen LogP contribution in [0.1, 0.15) is 0 Å². The number of hydrogen-bond acceptors (Lipinski definition) is 6. The molecule has 0 unspecified atom stereocenters. The summed E-state index contributed by atoms with van der Waals surface area (Å²) in [5.74, 6) is 5.53. The third-order valence-electron chi connectivity index (χ3n) is 1.94. The van der Waals surface area contributed by atoms with E-state index in [0.29, 0.717) is 0 Å². The Labute approximate surface area is 106 Å². The van der Waals surface area contributed by atoms with Gasteiger partial charge in [-0.25, -0.2) is 22.7 Å². The summed E-state index contributed by atoms with van der Waals surface area (Å²) in [6.45, 7) is 0. The zero-order valence-electron chi connectivity index (χ0n) is 10.1. The molecular weight excluding hydrogens is 282 g/mol. The molecule has 102 valence electrons. The van der Waals surface area contributed by atoms with Crippen LogP contribution in [0.4, 0.5) is 5.69 Å². The lowest BCUT2D eigenvalue weighted by molar-refractivity contribution is -0.638. The highest BCUT2D eigenvalue weighted by Gasteiger charge is 2.32. The van der Waals surface area contributed by atoms with Crippen molar-refractivity contribution in [1.82, 2.24) is 0 Å². The van der Waals surface area contributed by atoms with Crippen molar-refractivity contribution < 1.29 is 26.2 Å². The van der Waals surface area contributed by atoms with Gasteiger partial charge in [-0.2, -0.15) is 3.71 Å². The van der Waals surface area contributed by atoms with Gasteiger partial charge in [0.25, 0.3) is 0 Å². The van der Waals surface area contributed by atoms with Gasteiger partial charge in [-0.3, -0.25) is 0 Å². The number of anilines is 1. The minimum Gasteiger partial charge on any atom is -0.494 e. The summed E-state index contributed by atoms with van der Waals surface area (Å²) in [7, 11) is -6.76. The molecular formula is C8H14N3O5S2+. The Hall–Kier alpha value is -1.55. The summed E-state index contributed by atoms with van der Waals surface area (Å²) < 4.78 is 52.6. The first-order chi connectivity index (χ1) is 8.07. The lowest BCUT2D eigenvalue weighted by Gasteiger charge is -2.19. The Morgan fingerprint density at radius 2 is 1.72 bits per heavy atom. The lowest BCUT2D eigenvalue weighted by Crippen LogP contribution is -2.45. The molecule has 1 aromatic heterocycles. The van der Waals surface area contributed by atoms with Gasteiger partial charge < -0.3 is 4.74 Å². The molecule has 0 spiro atoms. The molecule has 0 aliphatic carbocycles. The van der Waals surface area contributed by atoms with Crippen LogP contribution in [0.2, 0.25) is 0 Å². The van der Waals surface area contributed by atoms with Crippen LogP contribution in [-0.2, 0) is 20.0 Å². The fraction of sp³-hybridized carbons (Fsp3) is 0.375. The average Bonchev–Trinajstić information content (AvgIpc) is 2.13. The second-order valence-corrected chi connectivity index (χ2v) is 7.46. The van der Waals surface area contributed by atoms with Crippen LogP contribution in [0.5, 0.6) is 5.75 Å². The molecule has 0 saturated heterocycles. The van der Waals surface area contributed by atoms with Crippen LogP contribution >= 0.6 is 0 Å². The second kappa shape index (κ2) is 4.61. The van der Waals surface area contributed by atoms with Gasteiger partial charge in [0.2, 0.25) is 32.4 Å². The molecule has 1 aromatic rings. The van der Waals surface area contributed by atoms with Crippen LogP contribution in [0.15, 0.2) is 18.5 Å². The highest BCUT2D eigenvalue weighted by atomic mass is 32.3. The van der Waals surface area contributed by atoms with Crippen LogP contribution in [-0.4, -0.2) is 36.5 Å². The number of sulfonamides is 2. The van der Waals surface area contributed by atoms with Crippen molar-refractivity contribution in [3.8, 4) is 5.75 Å². The Morgan fingerprint density at radius 3 is 2.11 bits per heavy atom. The summed E-state index contributed by atoms with van der Waals surface area (Å²) in [5, 5.41) is 0. The maximum absolute atomic E-state index is 11.6. The number of nitrogens with zero attached hydrogens (tertiary/aromatic N) is 2. The van der Waals surface area contributed by atoms with E-state index in [1.165, 1.54) is 19.4 Å². The summed E-state index contributed by atoms with van der Waals surface area (Å²) in [4.78, 5) is 0. The fourth-order valence-electron chi connectivity index (χ4n) is 1.40. The average molecular weight is 296 g/mol. The predicted molar refractivity (Wildman–Crippen MR) is 65.5 cm³/mol. The van der Waals surface area contributed by atoms with Crippen molar-refractivity contribution in [3.05, 3.63) is 18.5 Å². The van der Waals surface area contributed by atoms with E-state index in [1.807, 2.05) is 0 Å². The number of nitrogens with two attached hydrogens (primary N) is 1. The van der Waals surface area contributed by atoms with Gasteiger partial charge in [-0.15, -0.1) is 0 Å². The predicted octanol–water partition coefficient (Wildman–Crippen LogP) is -1.58. The molecule has 0 aromatic carbocycles. The van der Waals surface area contributed by atoms with E-state index in [0.717, 1.165) is 23.4 Å². The molecule has 2 N–H and O–H groups in total. The molecule has 0 atom stereocenters. The maximum atomic E-state index is 11.6. The van der Waals surface area contributed by atoms with Gasteiger partial charge in [-0.05, 0) is 0 Å². The standard InChI is InChI=1S/C8H14N3O5S2/c1-16-8-4-5-10(9)6-7(8)11(17(2,12)13)18(3,14)15/h4-6H,9H2,1-3H3/q+1. The first kappa shape index (κ1) is 14.5. The first-order valence-electron chi connectivity index (χ1n) is 4.62. The van der Waals surface area contributed by atoms with Crippen LogP contribution in [0, 0.1) is 0 Å². The number of aromatic nitrogens is 1. The van der Waals surface area contributed by atoms with Crippen LogP contribution < -0.4 is 19.0 Å². The third kappa shape index (κ3) is 3.01. The van der Waals surface area contributed by atoms with E-state index in [-0.39, 0.29) is 15.1 Å². The minimum absolute atomic E-state index is 0.0764. The highest BCUT2D eigenvalue weighted by molar-refractivity contribution is 8.09. The molecule has 18 heavy (non-hydrogen) atoms. The Morgan fingerprint density at radius 1 is 1.22 bits per heavy atom. The van der Waals surface area contributed by atoms with Crippen molar-refractivity contribution >= 4 is 25.7 Å². The van der Waals surface area contributed by atoms with Gasteiger partial charge in [0.1, 0.15) is 0 Å². The topological polar surface area (TPSA) is 111 Å². The fourth-order valence-corrected chi connectivity index (χ4v) is 4.36. The number of nitrogen functional groups attached to an aromatic ring is 1. The molecule has 1 rings (SSSR count). The minimum atomic E-state index is -4.03. The van der Waals surface area contributed by atoms with Crippen LogP contribution in [0.3, 0.4) is 0 Å². The first-order valence-corrected chi connectivity index (χ1v) is 8.32. The zero-order chi connectivity index (χ0) is 14.1. The monoisotopic (exact) mass is 296 g/mol. The molecule has 0 aliphatic heterocycles. The number of hydrogen-bond donors (Lipinski definition) is 1. The van der Waals surface area contributed by atoms with E-state index in [1.54, 1.807) is 0 Å². The number of methoxy groups -OCH3 is 1. The smallest absolute Gasteiger partial charge is 0.245 e. The summed E-state index contributed by atoms with van der Waals surface area (Å²) in [6, 6.07) is 1.36. The molecule has 0 bridgehead atoms. The number of rotatable bonds is 4. The summed E-state index contributed by atoms with van der Waals surface area (Å²) in [5.41, 5.74) is -0.174. The van der Waals surface area contributed by atoms with Crippen molar-refractivity contribution in [3.63, 3.8) is 0 Å². The number of ether oxygens (including phenoxy) is 1. The molecule has 0 fully saturated rings. The number of pyridine rings is 1. The Bertz CT molecular complexity index is 621. The van der Waals surface area contributed by atoms with E-state index >= 15 is 0 Å². The van der Waals surface area contributed by atoms with E-state index in [9.17, 15) is 16.8 Å². The zero-order valence-corrected chi connectivity index (χ0v) is 11.7. The Kier molecular flexibility index (Phi) is 3.72. The molecule has 0 saturated carbocycles. The second-order valence-electron chi connectivity index (χ2n) is 3.57. The largest absolute Gasteiger partial charge is 0.494 e. The van der Waals surface area contributed by atoms with Crippen LogP contribution in [0.25, 0.3) is 0 Å². The van der Waals surface area contributed by atoms with E-state index in [2.05, 4.69) is 0 Å². The molecule has 0 amide bonds. The van der Waals surface area contributed by atoms with Gasteiger partial charge in [0.05, 0.1) is 19.6 Å². The van der Waals surface area contributed by atoms with Gasteiger partial charge in [0.15, 0.2) is 11.4 Å². The van der Waals surface area contributed by atoms with E-state index < -0.39 is 20.0 Å². The normalized spacial score (nSPS) is 12.2. The SMILES string of the molecule is COc1cc[n+](N)cc1N(S(C)(=O)=O)S(C)(=O)=O. The maximum Gasteiger partial charge on any atom is 0.245 e. The van der Waals surface area contributed by atoms with Gasteiger partial charge in [-0.1, -0.05) is 4.68 Å². The van der Waals surface area contributed by atoms with Crippen molar-refractivity contribution in [1.29, 1.82) is 0 Å². The molecule has 10 heteroatoms. The molecule has 0 radical (unpaired) electrons. The van der Waals surface area contributed by atoms with Crippen molar-refractivity contribution in [2.24, 2.45) is 0 Å². The molecule has 0 aliphatic rings. The highest BCUT2D eigenvalue weighted by Crippen LogP contribution is 2.29. The Balaban J connectivity index is 3.64. The van der Waals surface area contributed by atoms with Gasteiger partial charge in [0, 0.05) is 6.07 Å². The summed E-state index contributed by atoms with van der Waals surface area (Å²) >= 11 is 0. The summed E-state index contributed by atoms with van der Waals surface area (Å²) in [6.07, 6.45) is 4.09. The van der Waals surface area contributed by atoms with Crippen molar-refractivity contribution in [2.75, 3.05) is 29.2 Å². The lowest BCUT2D eigenvalue weighted by atomic mass is 10.4. The van der Waals surface area contributed by atoms with E-state index in [4.69, 9.17) is 10.6 Å². The van der Waals surface area contributed by atoms with Crippen molar-refractivity contribution in [2.45, 2.75) is 0 Å². The molecule has 1 heterocycles. The van der Waals surface area contributed by atoms with Gasteiger partial charge >= 0.3 is 0 Å². The quantitative estimate of drug-likeness (QED) is 0.530. The third-order valence-corrected chi connectivity index (χ3v) is 5.16. The molecule has 8 nitrogen and oxygen atoms in total.